The second-order valence-corrected chi connectivity index (χ2v) is 5.84. The molecule has 0 amide bonds. The molecule has 1 aromatic rings. The second-order valence-electron chi connectivity index (χ2n) is 4.99. The number of halogens is 1. The van der Waals surface area contributed by atoms with Crippen molar-refractivity contribution in [3.63, 3.8) is 0 Å². The van der Waals surface area contributed by atoms with Gasteiger partial charge in [0.05, 0.1) is 10.6 Å². The maximum atomic E-state index is 10.7. The summed E-state index contributed by atoms with van der Waals surface area (Å²) < 4.78 is 0.771. The molecule has 0 spiro atoms. The molecule has 1 aliphatic rings. The normalized spacial score (nSPS) is 19.2. The smallest absolute Gasteiger partial charge is 0.270 e. The van der Waals surface area contributed by atoms with Crippen LogP contribution in [0.15, 0.2) is 22.7 Å². The van der Waals surface area contributed by atoms with Gasteiger partial charge in [-0.25, -0.2) is 0 Å². The highest BCUT2D eigenvalue weighted by molar-refractivity contribution is 9.10. The van der Waals surface area contributed by atoms with E-state index in [1.807, 2.05) is 7.05 Å². The maximum Gasteiger partial charge on any atom is 0.270 e. The molecule has 1 atom stereocenters. The summed E-state index contributed by atoms with van der Waals surface area (Å²) >= 11 is 3.42. The molecule has 0 aromatic heterocycles. The van der Waals surface area contributed by atoms with Gasteiger partial charge in [-0.1, -0.05) is 0 Å². The Balaban J connectivity index is 2.05. The molecular formula is C13H18BrN3O2. The largest absolute Gasteiger partial charge is 0.373 e. The Kier molecular flexibility index (Phi) is 4.76. The molecule has 1 heterocycles. The van der Waals surface area contributed by atoms with E-state index in [1.54, 1.807) is 18.2 Å². The topological polar surface area (TPSA) is 58.4 Å². The number of nitrogens with one attached hydrogen (secondary N) is 1. The Bertz CT molecular complexity index is 461. The number of hydrogen-bond donors (Lipinski definition) is 1. The first-order valence-corrected chi connectivity index (χ1v) is 7.23. The summed E-state index contributed by atoms with van der Waals surface area (Å²) in [6.45, 7) is 3.12. The molecule has 1 aliphatic heterocycles. The van der Waals surface area contributed by atoms with Gasteiger partial charge in [-0.2, -0.15) is 0 Å². The van der Waals surface area contributed by atoms with Crippen molar-refractivity contribution in [3.05, 3.63) is 32.8 Å². The highest BCUT2D eigenvalue weighted by Crippen LogP contribution is 2.30. The second kappa shape index (κ2) is 6.34. The summed E-state index contributed by atoms with van der Waals surface area (Å²) in [4.78, 5) is 12.5. The van der Waals surface area contributed by atoms with Crippen LogP contribution in [0.4, 0.5) is 11.4 Å². The summed E-state index contributed by atoms with van der Waals surface area (Å²) in [5, 5.41) is 14.1. The summed E-state index contributed by atoms with van der Waals surface area (Å²) in [7, 11) is 2.03. The number of non-ortho nitro benzene ring substituents is 1. The van der Waals surface area contributed by atoms with Crippen molar-refractivity contribution in [2.75, 3.05) is 31.6 Å². The fourth-order valence-corrected chi connectivity index (χ4v) is 3.15. The van der Waals surface area contributed by atoms with Gasteiger partial charge in [0.25, 0.3) is 5.69 Å². The Morgan fingerprint density at radius 2 is 2.37 bits per heavy atom. The molecule has 104 valence electrons. The van der Waals surface area contributed by atoms with Crippen LogP contribution in [-0.2, 0) is 0 Å². The molecule has 2 rings (SSSR count). The molecule has 19 heavy (non-hydrogen) atoms. The van der Waals surface area contributed by atoms with Crippen LogP contribution in [0.2, 0.25) is 0 Å². The van der Waals surface area contributed by atoms with E-state index < -0.39 is 0 Å². The monoisotopic (exact) mass is 327 g/mol. The van der Waals surface area contributed by atoms with E-state index in [9.17, 15) is 10.1 Å². The number of piperidine rings is 1. The van der Waals surface area contributed by atoms with Gasteiger partial charge >= 0.3 is 0 Å². The minimum atomic E-state index is -0.375. The molecule has 0 bridgehead atoms. The molecule has 0 radical (unpaired) electrons. The first kappa shape index (κ1) is 14.3. The van der Waals surface area contributed by atoms with Crippen LogP contribution >= 0.6 is 15.9 Å². The lowest BCUT2D eigenvalue weighted by molar-refractivity contribution is -0.384. The molecule has 1 aromatic carbocycles. The highest BCUT2D eigenvalue weighted by atomic mass is 79.9. The molecule has 6 heteroatoms. The quantitative estimate of drug-likeness (QED) is 0.682. The predicted octanol–water partition coefficient (Wildman–Crippen LogP) is 2.79. The summed E-state index contributed by atoms with van der Waals surface area (Å²) in [5.74, 6) is 0.640. The van der Waals surface area contributed by atoms with E-state index in [0.717, 1.165) is 29.8 Å². The van der Waals surface area contributed by atoms with E-state index in [1.165, 1.54) is 12.8 Å². The highest BCUT2D eigenvalue weighted by Gasteiger charge is 2.17. The zero-order chi connectivity index (χ0) is 13.8. The molecule has 0 aliphatic carbocycles. The van der Waals surface area contributed by atoms with Crippen molar-refractivity contribution in [2.45, 2.75) is 12.8 Å². The van der Waals surface area contributed by atoms with Crippen LogP contribution in [0.3, 0.4) is 0 Å². The van der Waals surface area contributed by atoms with Gasteiger partial charge in [-0.15, -0.1) is 0 Å². The van der Waals surface area contributed by atoms with Gasteiger partial charge in [-0.05, 0) is 53.8 Å². The minimum absolute atomic E-state index is 0.114. The summed E-state index contributed by atoms with van der Waals surface area (Å²) in [5.41, 5.74) is 1.11. The molecule has 1 fully saturated rings. The molecular weight excluding hydrogens is 310 g/mol. The van der Waals surface area contributed by atoms with Crippen LogP contribution in [-0.4, -0.2) is 31.6 Å². The third kappa shape index (κ3) is 3.67. The number of anilines is 1. The number of nitro groups is 1. The first-order chi connectivity index (χ1) is 9.08. The van der Waals surface area contributed by atoms with E-state index in [4.69, 9.17) is 0 Å². The lowest BCUT2D eigenvalue weighted by Gasteiger charge is -2.29. The van der Waals surface area contributed by atoms with Crippen molar-refractivity contribution >= 4 is 27.3 Å². The Morgan fingerprint density at radius 1 is 1.58 bits per heavy atom. The average molecular weight is 328 g/mol. The zero-order valence-corrected chi connectivity index (χ0v) is 12.5. The van der Waals surface area contributed by atoms with Crippen LogP contribution in [0.5, 0.6) is 0 Å². The zero-order valence-electron chi connectivity index (χ0n) is 10.9. The first-order valence-electron chi connectivity index (χ1n) is 6.43. The molecule has 1 unspecified atom stereocenters. The lowest BCUT2D eigenvalue weighted by Crippen LogP contribution is -2.37. The molecule has 0 saturated carbocycles. The summed E-state index contributed by atoms with van der Waals surface area (Å²) in [6.07, 6.45) is 2.46. The van der Waals surface area contributed by atoms with Gasteiger partial charge in [0, 0.05) is 30.2 Å². The van der Waals surface area contributed by atoms with Gasteiger partial charge in [0.2, 0.25) is 0 Å². The molecule has 1 saturated heterocycles. The van der Waals surface area contributed by atoms with E-state index in [-0.39, 0.29) is 10.6 Å². The van der Waals surface area contributed by atoms with Crippen molar-refractivity contribution < 1.29 is 4.92 Å². The number of nitro benzene ring substituents is 1. The van der Waals surface area contributed by atoms with E-state index >= 15 is 0 Å². The van der Waals surface area contributed by atoms with Crippen molar-refractivity contribution in [1.82, 2.24) is 5.32 Å². The number of benzene rings is 1. The number of hydrogen-bond acceptors (Lipinski definition) is 4. The van der Waals surface area contributed by atoms with Crippen molar-refractivity contribution in [3.8, 4) is 0 Å². The Hall–Kier alpha value is -1.14. The van der Waals surface area contributed by atoms with Crippen LogP contribution in [0, 0.1) is 16.0 Å². The standard InChI is InChI=1S/C13H18BrN3O2/c1-16(9-10-3-2-6-15-8-10)13-5-4-11(17(18)19)7-12(13)14/h4-5,7,10,15H,2-3,6,8-9H2,1H3. The van der Waals surface area contributed by atoms with Crippen molar-refractivity contribution in [2.24, 2.45) is 5.92 Å². The van der Waals surface area contributed by atoms with Crippen molar-refractivity contribution in [1.29, 1.82) is 0 Å². The van der Waals surface area contributed by atoms with Crippen LogP contribution in [0.1, 0.15) is 12.8 Å². The number of rotatable bonds is 4. The van der Waals surface area contributed by atoms with Gasteiger partial charge in [0.15, 0.2) is 0 Å². The third-order valence-electron chi connectivity index (χ3n) is 3.48. The SMILES string of the molecule is CN(CC1CCCNC1)c1ccc([N+](=O)[O-])cc1Br. The molecule has 5 nitrogen and oxygen atoms in total. The number of nitrogens with zero attached hydrogens (tertiary/aromatic N) is 2. The minimum Gasteiger partial charge on any atom is -0.373 e. The third-order valence-corrected chi connectivity index (χ3v) is 4.12. The Labute approximate surface area is 121 Å². The molecule has 1 N–H and O–H groups in total. The summed E-state index contributed by atoms with van der Waals surface area (Å²) in [6, 6.07) is 4.92. The van der Waals surface area contributed by atoms with Crippen LogP contribution in [0.25, 0.3) is 0 Å². The predicted molar refractivity (Wildman–Crippen MR) is 79.7 cm³/mol. The average Bonchev–Trinajstić information content (AvgIpc) is 2.39. The Morgan fingerprint density at radius 3 is 2.95 bits per heavy atom. The van der Waals surface area contributed by atoms with Gasteiger partial charge in [-0.3, -0.25) is 10.1 Å². The van der Waals surface area contributed by atoms with E-state index in [0.29, 0.717) is 5.92 Å². The maximum absolute atomic E-state index is 10.7. The van der Waals surface area contributed by atoms with E-state index in [2.05, 4.69) is 26.1 Å². The fraction of sp³-hybridized carbons (Fsp3) is 0.538. The van der Waals surface area contributed by atoms with Crippen LogP contribution < -0.4 is 10.2 Å². The lowest BCUT2D eigenvalue weighted by atomic mass is 9.99. The van der Waals surface area contributed by atoms with Gasteiger partial charge < -0.3 is 10.2 Å². The fourth-order valence-electron chi connectivity index (χ4n) is 2.48. The van der Waals surface area contributed by atoms with Gasteiger partial charge in [0.1, 0.15) is 0 Å².